The minimum absolute atomic E-state index is 0.0154. The van der Waals surface area contributed by atoms with Crippen LogP contribution in [-0.4, -0.2) is 41.0 Å². The van der Waals surface area contributed by atoms with E-state index < -0.39 is 16.9 Å². The minimum atomic E-state index is -1.25. The Morgan fingerprint density at radius 3 is 2.23 bits per heavy atom. The molecule has 0 bridgehead atoms. The highest BCUT2D eigenvalue weighted by Crippen LogP contribution is 2.04. The number of carbonyl (C=O) groups excluding carboxylic acids is 2. The van der Waals surface area contributed by atoms with Crippen molar-refractivity contribution in [1.29, 1.82) is 0 Å². The summed E-state index contributed by atoms with van der Waals surface area (Å²) in [6.45, 7) is 13.9. The predicted molar refractivity (Wildman–Crippen MR) is 102 cm³/mol. The Balaban J connectivity index is 0. The first-order valence-electron chi connectivity index (χ1n) is 8.98. The number of nitrogens with zero attached hydrogens (tertiary/aromatic N) is 1. The fourth-order valence-corrected chi connectivity index (χ4v) is 1.52. The van der Waals surface area contributed by atoms with E-state index in [0.717, 1.165) is 13.0 Å². The van der Waals surface area contributed by atoms with Crippen LogP contribution in [0.15, 0.2) is 12.3 Å². The van der Waals surface area contributed by atoms with E-state index in [1.807, 2.05) is 26.1 Å². The number of carbonyl (C=O) groups is 2. The molecule has 8 heteroatoms. The van der Waals surface area contributed by atoms with E-state index in [1.165, 1.54) is 12.5 Å². The van der Waals surface area contributed by atoms with Gasteiger partial charge in [0.1, 0.15) is 5.69 Å². The smallest absolute Gasteiger partial charge is 0.381 e. The van der Waals surface area contributed by atoms with Crippen LogP contribution in [0.5, 0.6) is 0 Å². The lowest BCUT2D eigenvalue weighted by Crippen LogP contribution is -2.27. The number of aromatic amines is 1. The monoisotopic (exact) mass is 371 g/mol. The fraction of sp³-hybridized carbons (Fsp3) is 0.667. The molecule has 0 aliphatic rings. The fourth-order valence-electron chi connectivity index (χ4n) is 1.52. The van der Waals surface area contributed by atoms with E-state index in [9.17, 15) is 19.7 Å². The summed E-state index contributed by atoms with van der Waals surface area (Å²) in [5, 5.41) is 12.8. The molecule has 1 amide bonds. The first-order valence-corrected chi connectivity index (χ1v) is 8.98. The SMILES string of the molecule is CC.CCOC(=O)C(C)[N+](=O)[O-].CCc1c[nH]c(C(=O)NCC(C)C)c1. The van der Waals surface area contributed by atoms with Crippen LogP contribution in [0.1, 0.15) is 64.5 Å². The van der Waals surface area contributed by atoms with Crippen LogP contribution in [-0.2, 0) is 16.0 Å². The van der Waals surface area contributed by atoms with Gasteiger partial charge in [-0.2, -0.15) is 0 Å². The molecule has 0 aromatic carbocycles. The lowest BCUT2D eigenvalue weighted by atomic mass is 10.2. The van der Waals surface area contributed by atoms with Crippen LogP contribution in [0.2, 0.25) is 0 Å². The molecule has 1 aromatic rings. The number of nitrogens with one attached hydrogen (secondary N) is 2. The zero-order valence-electron chi connectivity index (χ0n) is 16.9. The standard InChI is InChI=1S/C11H18N2O.C5H9NO4.C2H6/c1-4-9-5-10(12-7-9)11(14)13-6-8(2)3;1-3-10-5(7)4(2)6(8)9;1-2/h5,7-8,12H,4,6H2,1-3H3,(H,13,14);4H,3H2,1-2H3;1-2H3. The number of amides is 1. The maximum absolute atomic E-state index is 11.5. The van der Waals surface area contributed by atoms with Crippen molar-refractivity contribution in [3.05, 3.63) is 33.6 Å². The molecule has 1 unspecified atom stereocenters. The van der Waals surface area contributed by atoms with E-state index in [1.54, 1.807) is 6.92 Å². The van der Waals surface area contributed by atoms with Gasteiger partial charge >= 0.3 is 12.0 Å². The van der Waals surface area contributed by atoms with Crippen molar-refractivity contribution in [2.45, 2.75) is 60.9 Å². The number of rotatable bonds is 7. The van der Waals surface area contributed by atoms with E-state index in [4.69, 9.17) is 0 Å². The summed E-state index contributed by atoms with van der Waals surface area (Å²) in [5.74, 6) is -0.314. The van der Waals surface area contributed by atoms with Gasteiger partial charge in [0, 0.05) is 24.6 Å². The topological polar surface area (TPSA) is 114 Å². The number of aryl methyl sites for hydroxylation is 1. The van der Waals surface area contributed by atoms with Gasteiger partial charge in [-0.15, -0.1) is 0 Å². The van der Waals surface area contributed by atoms with E-state index >= 15 is 0 Å². The molecule has 0 spiro atoms. The van der Waals surface area contributed by atoms with Crippen LogP contribution in [0.3, 0.4) is 0 Å². The van der Waals surface area contributed by atoms with Gasteiger partial charge in [-0.05, 0) is 30.9 Å². The largest absolute Gasteiger partial charge is 0.461 e. The molecule has 1 atom stereocenters. The van der Waals surface area contributed by atoms with Crippen LogP contribution in [0.4, 0.5) is 0 Å². The molecule has 2 N–H and O–H groups in total. The van der Waals surface area contributed by atoms with Gasteiger partial charge in [-0.25, -0.2) is 4.79 Å². The van der Waals surface area contributed by atoms with Crippen LogP contribution < -0.4 is 5.32 Å². The Morgan fingerprint density at radius 2 is 1.85 bits per heavy atom. The minimum Gasteiger partial charge on any atom is -0.461 e. The molecule has 0 aliphatic heterocycles. The van der Waals surface area contributed by atoms with E-state index in [-0.39, 0.29) is 12.5 Å². The van der Waals surface area contributed by atoms with Gasteiger partial charge in [0.15, 0.2) is 0 Å². The number of hydrogen-bond acceptors (Lipinski definition) is 5. The summed E-state index contributed by atoms with van der Waals surface area (Å²) in [6, 6.07) is 0.648. The van der Waals surface area contributed by atoms with Crippen LogP contribution in [0.25, 0.3) is 0 Å². The highest BCUT2D eigenvalue weighted by molar-refractivity contribution is 5.92. The summed E-state index contributed by atoms with van der Waals surface area (Å²) >= 11 is 0. The molecular weight excluding hydrogens is 338 g/mol. The van der Waals surface area contributed by atoms with E-state index in [0.29, 0.717) is 11.6 Å². The second-order valence-electron chi connectivity index (χ2n) is 5.59. The van der Waals surface area contributed by atoms with Gasteiger partial charge in [0.25, 0.3) is 5.91 Å². The van der Waals surface area contributed by atoms with Gasteiger partial charge in [0.05, 0.1) is 6.61 Å². The van der Waals surface area contributed by atoms with Crippen LogP contribution >= 0.6 is 0 Å². The molecule has 0 radical (unpaired) electrons. The highest BCUT2D eigenvalue weighted by Gasteiger charge is 2.24. The maximum Gasteiger partial charge on any atom is 0.381 e. The first kappa shape index (κ1) is 25.9. The van der Waals surface area contributed by atoms with Crippen molar-refractivity contribution in [2.24, 2.45) is 5.92 Å². The lowest BCUT2D eigenvalue weighted by molar-refractivity contribution is -0.506. The van der Waals surface area contributed by atoms with Crippen molar-refractivity contribution in [3.63, 3.8) is 0 Å². The average Bonchev–Trinajstić information content (AvgIpc) is 3.10. The molecule has 1 rings (SSSR count). The zero-order valence-corrected chi connectivity index (χ0v) is 16.9. The number of aromatic nitrogens is 1. The average molecular weight is 371 g/mol. The van der Waals surface area contributed by atoms with Gasteiger partial charge < -0.3 is 15.0 Å². The normalized spacial score (nSPS) is 10.6. The Kier molecular flexibility index (Phi) is 14.8. The summed E-state index contributed by atoms with van der Waals surface area (Å²) in [4.78, 5) is 34.3. The third-order valence-electron chi connectivity index (χ3n) is 3.01. The zero-order chi connectivity index (χ0) is 20.7. The third-order valence-corrected chi connectivity index (χ3v) is 3.01. The second-order valence-corrected chi connectivity index (χ2v) is 5.59. The third kappa shape index (κ3) is 11.2. The summed E-state index contributed by atoms with van der Waals surface area (Å²) < 4.78 is 4.38. The van der Waals surface area contributed by atoms with Crippen LogP contribution in [0, 0.1) is 16.0 Å². The molecule has 0 aliphatic carbocycles. The Bertz CT molecular complexity index is 541. The molecule has 0 saturated heterocycles. The van der Waals surface area contributed by atoms with Gasteiger partial charge in [-0.1, -0.05) is 34.6 Å². The van der Waals surface area contributed by atoms with Crippen molar-refractivity contribution < 1.29 is 19.2 Å². The Morgan fingerprint density at radius 1 is 1.27 bits per heavy atom. The number of ether oxygens (including phenoxy) is 1. The van der Waals surface area contributed by atoms with Crippen molar-refractivity contribution in [3.8, 4) is 0 Å². The highest BCUT2D eigenvalue weighted by atomic mass is 16.6. The molecule has 26 heavy (non-hydrogen) atoms. The molecule has 1 aromatic heterocycles. The second kappa shape index (κ2) is 14.9. The maximum atomic E-state index is 11.5. The van der Waals surface area contributed by atoms with Crippen molar-refractivity contribution in [1.82, 2.24) is 10.3 Å². The van der Waals surface area contributed by atoms with E-state index in [2.05, 4.69) is 35.8 Å². The summed E-state index contributed by atoms with van der Waals surface area (Å²) in [6.07, 6.45) is 2.83. The Hall–Kier alpha value is -2.38. The summed E-state index contributed by atoms with van der Waals surface area (Å²) in [5.41, 5.74) is 1.82. The summed E-state index contributed by atoms with van der Waals surface area (Å²) in [7, 11) is 0. The molecule has 8 nitrogen and oxygen atoms in total. The number of esters is 1. The predicted octanol–water partition coefficient (Wildman–Crippen LogP) is 3.20. The number of hydrogen-bond donors (Lipinski definition) is 2. The lowest BCUT2D eigenvalue weighted by Gasteiger charge is -2.05. The molecular formula is C18H33N3O5. The molecule has 150 valence electrons. The van der Waals surface area contributed by atoms with Crippen molar-refractivity contribution >= 4 is 11.9 Å². The molecule has 0 fully saturated rings. The van der Waals surface area contributed by atoms with Gasteiger partial charge in [-0.3, -0.25) is 14.9 Å². The van der Waals surface area contributed by atoms with Crippen molar-refractivity contribution in [2.75, 3.05) is 13.2 Å². The molecule has 1 heterocycles. The quantitative estimate of drug-likeness (QED) is 0.434. The first-order chi connectivity index (χ1) is 12.2. The Labute approximate surface area is 155 Å². The van der Waals surface area contributed by atoms with Gasteiger partial charge in [0.2, 0.25) is 0 Å². The molecule has 0 saturated carbocycles. The number of nitro groups is 1. The number of H-pyrrole nitrogens is 1.